The van der Waals surface area contributed by atoms with Gasteiger partial charge in [0.2, 0.25) is 11.8 Å². The van der Waals surface area contributed by atoms with Crippen LogP contribution in [0.5, 0.6) is 5.75 Å². The molecule has 3 rings (SSSR count). The molecule has 0 unspecified atom stereocenters. The molecule has 2 amide bonds. The molecule has 0 aliphatic carbocycles. The molecule has 0 heterocycles. The zero-order valence-electron chi connectivity index (χ0n) is 23.2. The molecular weight excluding hydrogens is 533 g/mol. The van der Waals surface area contributed by atoms with Crippen LogP contribution >= 0.6 is 0 Å². The van der Waals surface area contributed by atoms with Gasteiger partial charge in [-0.05, 0) is 73.9 Å². The number of carbonyl (C=O) groups is 2. The second-order valence-corrected chi connectivity index (χ2v) is 11.3. The Balaban J connectivity index is 2.04. The van der Waals surface area contributed by atoms with Crippen molar-refractivity contribution in [1.29, 1.82) is 0 Å². The first-order valence-corrected chi connectivity index (χ1v) is 14.6. The van der Waals surface area contributed by atoms with E-state index < -0.39 is 34.3 Å². The lowest BCUT2D eigenvalue weighted by Crippen LogP contribution is -2.53. The first kappa shape index (κ1) is 30.6. The van der Waals surface area contributed by atoms with Crippen LogP contribution in [0.1, 0.15) is 39.2 Å². The molecule has 2 atom stereocenters. The van der Waals surface area contributed by atoms with Gasteiger partial charge in [0.25, 0.3) is 10.0 Å². The molecule has 1 N–H and O–H groups in total. The van der Waals surface area contributed by atoms with Crippen LogP contribution in [0.25, 0.3) is 0 Å². The zero-order valence-corrected chi connectivity index (χ0v) is 24.0. The number of ether oxygens (including phenoxy) is 1. The van der Waals surface area contributed by atoms with E-state index in [2.05, 4.69) is 5.32 Å². The van der Waals surface area contributed by atoms with Gasteiger partial charge in [-0.15, -0.1) is 0 Å². The van der Waals surface area contributed by atoms with Crippen molar-refractivity contribution in [2.24, 2.45) is 0 Å². The van der Waals surface area contributed by atoms with Gasteiger partial charge in [0, 0.05) is 12.6 Å². The van der Waals surface area contributed by atoms with Gasteiger partial charge in [0.05, 0.1) is 17.7 Å². The summed E-state index contributed by atoms with van der Waals surface area (Å²) in [6, 6.07) is 18.8. The standard InChI is InChI=1S/C30H36FN3O5S/c1-5-22(3)32-30(36)28(6-2)33(20-23-12-14-24(31)15-13-23)29(35)21-34(25-16-18-26(39-4)19-17-25)40(37,38)27-10-8-7-9-11-27/h7-19,22,28H,5-6,20-21H2,1-4H3,(H,32,36)/t22-,28+/m1/s1. The number of benzene rings is 3. The lowest BCUT2D eigenvalue weighted by atomic mass is 10.1. The molecule has 40 heavy (non-hydrogen) atoms. The van der Waals surface area contributed by atoms with E-state index in [0.717, 1.165) is 4.31 Å². The number of hydrogen-bond donors (Lipinski definition) is 1. The molecule has 10 heteroatoms. The van der Waals surface area contributed by atoms with E-state index in [1.807, 2.05) is 13.8 Å². The highest BCUT2D eigenvalue weighted by Crippen LogP contribution is 2.26. The van der Waals surface area contributed by atoms with Crippen molar-refractivity contribution in [3.8, 4) is 5.75 Å². The molecule has 0 spiro atoms. The number of halogens is 1. The summed E-state index contributed by atoms with van der Waals surface area (Å²) < 4.78 is 47.4. The first-order valence-electron chi connectivity index (χ1n) is 13.2. The van der Waals surface area contributed by atoms with Crippen molar-refractivity contribution in [2.45, 2.75) is 57.1 Å². The quantitative estimate of drug-likeness (QED) is 0.321. The molecule has 0 bridgehead atoms. The number of anilines is 1. The Morgan fingerprint density at radius 2 is 1.55 bits per heavy atom. The van der Waals surface area contributed by atoms with Gasteiger partial charge >= 0.3 is 0 Å². The smallest absolute Gasteiger partial charge is 0.264 e. The van der Waals surface area contributed by atoms with Crippen LogP contribution in [0.15, 0.2) is 83.8 Å². The topological polar surface area (TPSA) is 96.0 Å². The van der Waals surface area contributed by atoms with Gasteiger partial charge in [-0.25, -0.2) is 12.8 Å². The fourth-order valence-corrected chi connectivity index (χ4v) is 5.58. The van der Waals surface area contributed by atoms with Gasteiger partial charge in [-0.1, -0.05) is 44.2 Å². The van der Waals surface area contributed by atoms with E-state index in [-0.39, 0.29) is 29.1 Å². The van der Waals surface area contributed by atoms with Crippen molar-refractivity contribution in [1.82, 2.24) is 10.2 Å². The van der Waals surface area contributed by atoms with Crippen molar-refractivity contribution < 1.29 is 27.1 Å². The molecule has 0 saturated carbocycles. The van der Waals surface area contributed by atoms with Crippen molar-refractivity contribution in [3.05, 3.63) is 90.2 Å². The van der Waals surface area contributed by atoms with Gasteiger partial charge < -0.3 is 15.0 Å². The second kappa shape index (κ2) is 13.9. The average Bonchev–Trinajstić information content (AvgIpc) is 2.97. The molecule has 0 saturated heterocycles. The van der Waals surface area contributed by atoms with Crippen LogP contribution in [-0.4, -0.2) is 50.9 Å². The highest BCUT2D eigenvalue weighted by molar-refractivity contribution is 7.92. The van der Waals surface area contributed by atoms with E-state index in [1.165, 1.54) is 48.4 Å². The minimum Gasteiger partial charge on any atom is -0.497 e. The highest BCUT2D eigenvalue weighted by atomic mass is 32.2. The van der Waals surface area contributed by atoms with Crippen molar-refractivity contribution in [2.75, 3.05) is 18.0 Å². The van der Waals surface area contributed by atoms with Gasteiger partial charge in [0.1, 0.15) is 24.2 Å². The molecule has 3 aromatic rings. The Bertz CT molecular complexity index is 1370. The number of methoxy groups -OCH3 is 1. The van der Waals surface area contributed by atoms with Crippen LogP contribution < -0.4 is 14.4 Å². The minimum absolute atomic E-state index is 0.00656. The van der Waals surface area contributed by atoms with Gasteiger partial charge in [0.15, 0.2) is 0 Å². The van der Waals surface area contributed by atoms with E-state index in [9.17, 15) is 22.4 Å². The summed E-state index contributed by atoms with van der Waals surface area (Å²) in [5, 5.41) is 2.93. The summed E-state index contributed by atoms with van der Waals surface area (Å²) in [6.07, 6.45) is 0.998. The zero-order chi connectivity index (χ0) is 29.3. The van der Waals surface area contributed by atoms with Crippen molar-refractivity contribution >= 4 is 27.5 Å². The normalized spacial score (nSPS) is 12.7. The summed E-state index contributed by atoms with van der Waals surface area (Å²) in [4.78, 5) is 28.7. The largest absolute Gasteiger partial charge is 0.497 e. The van der Waals surface area contributed by atoms with Crippen molar-refractivity contribution in [3.63, 3.8) is 0 Å². The molecule has 0 aliphatic heterocycles. The Kier molecular flexibility index (Phi) is 10.7. The fourth-order valence-electron chi connectivity index (χ4n) is 4.14. The Labute approximate surface area is 235 Å². The molecule has 0 aliphatic rings. The molecule has 214 valence electrons. The Hall–Kier alpha value is -3.92. The molecule has 8 nitrogen and oxygen atoms in total. The fraction of sp³-hybridized carbons (Fsp3) is 0.333. The number of nitrogens with zero attached hydrogens (tertiary/aromatic N) is 2. The van der Waals surface area contributed by atoms with Crippen LogP contribution in [-0.2, 0) is 26.2 Å². The summed E-state index contributed by atoms with van der Waals surface area (Å²) in [6.45, 7) is 5.03. The number of carbonyl (C=O) groups excluding carboxylic acids is 2. The summed E-state index contributed by atoms with van der Waals surface area (Å²) in [7, 11) is -2.66. The highest BCUT2D eigenvalue weighted by Gasteiger charge is 2.34. The molecule has 0 fully saturated rings. The number of amides is 2. The summed E-state index contributed by atoms with van der Waals surface area (Å²) in [5.74, 6) is -0.819. The second-order valence-electron chi connectivity index (χ2n) is 9.41. The summed E-state index contributed by atoms with van der Waals surface area (Å²) >= 11 is 0. The first-order chi connectivity index (χ1) is 19.1. The third-order valence-electron chi connectivity index (χ3n) is 6.62. The maximum absolute atomic E-state index is 14.0. The monoisotopic (exact) mass is 569 g/mol. The van der Waals surface area contributed by atoms with Crippen LogP contribution in [0.3, 0.4) is 0 Å². The predicted molar refractivity (Wildman–Crippen MR) is 153 cm³/mol. The number of rotatable bonds is 13. The predicted octanol–water partition coefficient (Wildman–Crippen LogP) is 4.75. The van der Waals surface area contributed by atoms with Crippen LogP contribution in [0.4, 0.5) is 10.1 Å². The maximum atomic E-state index is 14.0. The van der Waals surface area contributed by atoms with E-state index in [0.29, 0.717) is 24.2 Å². The Morgan fingerprint density at radius 3 is 2.10 bits per heavy atom. The van der Waals surface area contributed by atoms with E-state index in [4.69, 9.17) is 4.74 Å². The third-order valence-corrected chi connectivity index (χ3v) is 8.41. The molecule has 0 aromatic heterocycles. The Morgan fingerprint density at radius 1 is 0.925 bits per heavy atom. The summed E-state index contributed by atoms with van der Waals surface area (Å²) in [5.41, 5.74) is 0.864. The lowest BCUT2D eigenvalue weighted by Gasteiger charge is -2.33. The van der Waals surface area contributed by atoms with E-state index >= 15 is 0 Å². The molecule has 3 aromatic carbocycles. The number of hydrogen-bond acceptors (Lipinski definition) is 5. The minimum atomic E-state index is -4.16. The molecule has 0 radical (unpaired) electrons. The lowest BCUT2D eigenvalue weighted by molar-refractivity contribution is -0.140. The average molecular weight is 570 g/mol. The van der Waals surface area contributed by atoms with Gasteiger partial charge in [-0.3, -0.25) is 13.9 Å². The van der Waals surface area contributed by atoms with Crippen LogP contribution in [0, 0.1) is 5.82 Å². The molecular formula is C30H36FN3O5S. The maximum Gasteiger partial charge on any atom is 0.264 e. The number of sulfonamides is 1. The SMILES string of the molecule is CC[C@@H](C)NC(=O)[C@H](CC)N(Cc1ccc(F)cc1)C(=O)CN(c1ccc(OC)cc1)S(=O)(=O)c1ccccc1. The third kappa shape index (κ3) is 7.59. The van der Waals surface area contributed by atoms with Crippen LogP contribution in [0.2, 0.25) is 0 Å². The van der Waals surface area contributed by atoms with E-state index in [1.54, 1.807) is 49.4 Å². The number of nitrogens with one attached hydrogen (secondary N) is 1. The van der Waals surface area contributed by atoms with Gasteiger partial charge in [-0.2, -0.15) is 0 Å².